The Morgan fingerprint density at radius 3 is 2.81 bits per heavy atom. The van der Waals surface area contributed by atoms with Gasteiger partial charge in [0, 0.05) is 31.3 Å². The first-order valence-electron chi connectivity index (χ1n) is 9.07. The van der Waals surface area contributed by atoms with Crippen LogP contribution in [0.5, 0.6) is 5.75 Å². The van der Waals surface area contributed by atoms with Crippen molar-refractivity contribution < 1.29 is 9.47 Å². The second kappa shape index (κ2) is 7.95. The monoisotopic (exact) mass is 374 g/mol. The van der Waals surface area contributed by atoms with Gasteiger partial charge in [0.1, 0.15) is 5.75 Å². The molecular formula is C21H27ClN2O2. The second-order valence-electron chi connectivity index (χ2n) is 7.19. The van der Waals surface area contributed by atoms with Crippen LogP contribution in [0.1, 0.15) is 24.5 Å². The van der Waals surface area contributed by atoms with Crippen molar-refractivity contribution in [3.05, 3.63) is 48.7 Å². The Bertz CT molecular complexity index is 782. The lowest BCUT2D eigenvalue weighted by molar-refractivity contribution is -0.0601. The molecule has 0 radical (unpaired) electrons. The van der Waals surface area contributed by atoms with Crippen molar-refractivity contribution in [2.24, 2.45) is 11.8 Å². The van der Waals surface area contributed by atoms with E-state index in [9.17, 15) is 0 Å². The first-order chi connectivity index (χ1) is 12.2. The molecule has 1 aromatic heterocycles. The maximum atomic E-state index is 6.04. The van der Waals surface area contributed by atoms with E-state index in [0.717, 1.165) is 35.7 Å². The molecule has 3 aliphatic heterocycles. The van der Waals surface area contributed by atoms with E-state index in [1.165, 1.54) is 18.4 Å². The predicted octanol–water partition coefficient (Wildman–Crippen LogP) is 4.25. The zero-order chi connectivity index (χ0) is 17.4. The van der Waals surface area contributed by atoms with Gasteiger partial charge < -0.3 is 9.47 Å². The minimum Gasteiger partial charge on any atom is -0.497 e. The number of piperidine rings is 3. The van der Waals surface area contributed by atoms with E-state index in [1.54, 1.807) is 7.11 Å². The highest BCUT2D eigenvalue weighted by Gasteiger charge is 2.42. The molecule has 1 unspecified atom stereocenters. The predicted molar refractivity (Wildman–Crippen MR) is 107 cm³/mol. The molecule has 2 aromatic rings. The second-order valence-corrected chi connectivity index (χ2v) is 7.19. The van der Waals surface area contributed by atoms with Gasteiger partial charge in [-0.2, -0.15) is 0 Å². The number of ether oxygens (including phenoxy) is 2. The third-order valence-corrected chi connectivity index (χ3v) is 6.05. The van der Waals surface area contributed by atoms with Gasteiger partial charge in [0.25, 0.3) is 0 Å². The smallest absolute Gasteiger partial charge is 0.119 e. The van der Waals surface area contributed by atoms with E-state index in [2.05, 4.69) is 34.7 Å². The molecule has 3 aliphatic rings. The molecule has 0 N–H and O–H groups in total. The average molecular weight is 375 g/mol. The molecule has 3 saturated heterocycles. The van der Waals surface area contributed by atoms with E-state index in [0.29, 0.717) is 12.0 Å². The highest BCUT2D eigenvalue weighted by atomic mass is 35.5. The van der Waals surface area contributed by atoms with Crippen LogP contribution in [0.3, 0.4) is 0 Å². The van der Waals surface area contributed by atoms with E-state index >= 15 is 0 Å². The fourth-order valence-electron chi connectivity index (χ4n) is 4.71. The summed E-state index contributed by atoms with van der Waals surface area (Å²) in [6.07, 6.45) is 6.52. The highest BCUT2D eigenvalue weighted by Crippen LogP contribution is 2.43. The first-order valence-corrected chi connectivity index (χ1v) is 9.07. The minimum absolute atomic E-state index is 0. The summed E-state index contributed by atoms with van der Waals surface area (Å²) in [6.45, 7) is 6.29. The zero-order valence-electron chi connectivity index (χ0n) is 15.4. The summed E-state index contributed by atoms with van der Waals surface area (Å²) < 4.78 is 11.5. The van der Waals surface area contributed by atoms with Crippen molar-refractivity contribution in [1.82, 2.24) is 9.88 Å². The van der Waals surface area contributed by atoms with Gasteiger partial charge in [0.2, 0.25) is 0 Å². The lowest BCUT2D eigenvalue weighted by Crippen LogP contribution is -2.55. The summed E-state index contributed by atoms with van der Waals surface area (Å²) in [5.74, 6) is 2.21. The molecular weight excluding hydrogens is 348 g/mol. The normalized spacial score (nSPS) is 28.4. The van der Waals surface area contributed by atoms with Crippen molar-refractivity contribution in [3.63, 3.8) is 0 Å². The Hall–Kier alpha value is -1.62. The number of fused-ring (bicyclic) bond motifs is 4. The number of hydrogen-bond donors (Lipinski definition) is 0. The van der Waals surface area contributed by atoms with E-state index in [-0.39, 0.29) is 18.5 Å². The Kier molecular flexibility index (Phi) is 5.86. The summed E-state index contributed by atoms with van der Waals surface area (Å²) in [7, 11) is 3.53. The third-order valence-electron chi connectivity index (χ3n) is 6.05. The number of rotatable bonds is 5. The molecule has 5 rings (SSSR count). The molecule has 0 saturated carbocycles. The van der Waals surface area contributed by atoms with Gasteiger partial charge >= 0.3 is 0 Å². The average Bonchev–Trinajstić information content (AvgIpc) is 2.68. The lowest BCUT2D eigenvalue weighted by Gasteiger charge is -2.51. The summed E-state index contributed by atoms with van der Waals surface area (Å²) in [5, 5.41) is 1.12. The van der Waals surface area contributed by atoms with Gasteiger partial charge in [0.15, 0.2) is 0 Å². The molecule has 5 heteroatoms. The molecule has 26 heavy (non-hydrogen) atoms. The molecule has 0 amide bonds. The van der Waals surface area contributed by atoms with Gasteiger partial charge in [-0.25, -0.2) is 0 Å². The number of hydrogen-bond acceptors (Lipinski definition) is 4. The Balaban J connectivity index is 0.00000196. The standard InChI is InChI=1S/C21H26N2O2.ClH/c1-4-14-13-23-10-8-15(14)11-20(23)21(25-3)17-7-9-22-19-6-5-16(24-2)12-18(17)19;/h4-7,9,12,14-15,20-21H,1,8,10-11,13H2,2-3H3;1H/t14-,15-,20-,21+;/m0./s1. The summed E-state index contributed by atoms with van der Waals surface area (Å²) in [5.41, 5.74) is 2.19. The maximum Gasteiger partial charge on any atom is 0.119 e. The highest BCUT2D eigenvalue weighted by molar-refractivity contribution is 5.85. The maximum absolute atomic E-state index is 6.04. The van der Waals surface area contributed by atoms with Gasteiger partial charge in [-0.15, -0.1) is 19.0 Å². The molecule has 3 fully saturated rings. The van der Waals surface area contributed by atoms with Crippen LogP contribution in [0.15, 0.2) is 43.1 Å². The lowest BCUT2D eigenvalue weighted by atomic mass is 9.73. The summed E-state index contributed by atoms with van der Waals surface area (Å²) >= 11 is 0. The van der Waals surface area contributed by atoms with E-state index in [1.807, 2.05) is 25.4 Å². The zero-order valence-corrected chi connectivity index (χ0v) is 16.2. The number of nitrogens with zero attached hydrogens (tertiary/aromatic N) is 2. The van der Waals surface area contributed by atoms with Crippen LogP contribution in [0.2, 0.25) is 0 Å². The van der Waals surface area contributed by atoms with Crippen LogP contribution in [0.4, 0.5) is 0 Å². The van der Waals surface area contributed by atoms with Crippen LogP contribution in [-0.4, -0.2) is 43.2 Å². The minimum atomic E-state index is 0. The van der Waals surface area contributed by atoms with Crippen molar-refractivity contribution in [1.29, 1.82) is 0 Å². The largest absolute Gasteiger partial charge is 0.497 e. The Morgan fingerprint density at radius 2 is 2.15 bits per heavy atom. The number of methoxy groups -OCH3 is 2. The Morgan fingerprint density at radius 1 is 1.31 bits per heavy atom. The molecule has 140 valence electrons. The first kappa shape index (κ1) is 19.2. The topological polar surface area (TPSA) is 34.6 Å². The summed E-state index contributed by atoms with van der Waals surface area (Å²) in [6, 6.07) is 8.57. The quantitative estimate of drug-likeness (QED) is 0.733. The van der Waals surface area contributed by atoms with Crippen LogP contribution in [-0.2, 0) is 4.74 Å². The van der Waals surface area contributed by atoms with E-state index in [4.69, 9.17) is 9.47 Å². The molecule has 4 nitrogen and oxygen atoms in total. The van der Waals surface area contributed by atoms with Gasteiger partial charge in [-0.1, -0.05) is 6.08 Å². The molecule has 0 aliphatic carbocycles. The fourth-order valence-corrected chi connectivity index (χ4v) is 4.71. The number of benzene rings is 1. The molecule has 1 aromatic carbocycles. The molecule has 0 spiro atoms. The van der Waals surface area contributed by atoms with Gasteiger partial charge in [-0.05, 0) is 61.1 Å². The fraction of sp³-hybridized carbons (Fsp3) is 0.476. The number of pyridine rings is 1. The number of aromatic nitrogens is 1. The number of halogens is 1. The van der Waals surface area contributed by atoms with Crippen molar-refractivity contribution in [3.8, 4) is 5.75 Å². The van der Waals surface area contributed by atoms with Crippen molar-refractivity contribution in [2.75, 3.05) is 27.3 Å². The van der Waals surface area contributed by atoms with Crippen molar-refractivity contribution in [2.45, 2.75) is 25.0 Å². The van der Waals surface area contributed by atoms with E-state index < -0.39 is 0 Å². The van der Waals surface area contributed by atoms with Crippen LogP contribution < -0.4 is 4.74 Å². The molecule has 5 atom stereocenters. The molecule has 2 bridgehead atoms. The van der Waals surface area contributed by atoms with Gasteiger partial charge in [-0.3, -0.25) is 9.88 Å². The summed E-state index contributed by atoms with van der Waals surface area (Å²) in [4.78, 5) is 7.10. The van der Waals surface area contributed by atoms with Crippen molar-refractivity contribution >= 4 is 23.3 Å². The van der Waals surface area contributed by atoms with Crippen LogP contribution >= 0.6 is 12.4 Å². The third kappa shape index (κ3) is 3.22. The van der Waals surface area contributed by atoms with Gasteiger partial charge in [0.05, 0.1) is 18.7 Å². The molecule has 4 heterocycles. The van der Waals surface area contributed by atoms with Crippen LogP contribution in [0, 0.1) is 11.8 Å². The van der Waals surface area contributed by atoms with Crippen LogP contribution in [0.25, 0.3) is 10.9 Å². The Labute approximate surface area is 161 Å². The SMILES string of the molecule is C=C[C@H]1CN2CC[C@H]1C[C@H]2[C@H](OC)c1ccnc2ccc(OC)cc12.Cl.